The molecule has 0 fully saturated rings. The molecule has 5 heteroatoms. The van der Waals surface area contributed by atoms with Gasteiger partial charge in [-0.1, -0.05) is 13.8 Å². The van der Waals surface area contributed by atoms with Gasteiger partial charge in [0.15, 0.2) is 5.78 Å². The van der Waals surface area contributed by atoms with E-state index in [0.29, 0.717) is 34.5 Å². The van der Waals surface area contributed by atoms with Gasteiger partial charge in [0.2, 0.25) is 0 Å². The van der Waals surface area contributed by atoms with Crippen LogP contribution < -0.4 is 4.74 Å². The Kier molecular flexibility index (Phi) is 4.95. The number of ether oxygens (including phenoxy) is 1. The Morgan fingerprint density at radius 3 is 2.59 bits per heavy atom. The highest BCUT2D eigenvalue weighted by atomic mass is 19.1. The van der Waals surface area contributed by atoms with Crippen molar-refractivity contribution in [3.8, 4) is 5.75 Å². The number of hydrogen-bond donors (Lipinski definition) is 0. The van der Waals surface area contributed by atoms with Crippen LogP contribution in [0.2, 0.25) is 0 Å². The summed E-state index contributed by atoms with van der Waals surface area (Å²) in [6.07, 6.45) is 0. The summed E-state index contributed by atoms with van der Waals surface area (Å²) in [7, 11) is 0. The first-order chi connectivity index (χ1) is 13.9. The van der Waals surface area contributed by atoms with Gasteiger partial charge in [0.05, 0.1) is 5.56 Å². The van der Waals surface area contributed by atoms with Crippen molar-refractivity contribution in [3.05, 3.63) is 64.7 Å². The standard InChI is InChI=1S/C24H26FNO3/c1-5-26(6-2)11-12-28-16-8-9-17-19(14-16)24(3,4)23-21(22(17)27)18-13-15(25)7-10-20(18)29-23/h7-10,13-14H,5-6,11-12H2,1-4H3. The Bertz CT molecular complexity index is 1080. The second-order valence-corrected chi connectivity index (χ2v) is 7.98. The van der Waals surface area contributed by atoms with Crippen molar-refractivity contribution in [1.29, 1.82) is 0 Å². The van der Waals surface area contributed by atoms with Gasteiger partial charge in [-0.3, -0.25) is 4.79 Å². The molecule has 0 unspecified atom stereocenters. The van der Waals surface area contributed by atoms with E-state index in [1.807, 2.05) is 32.0 Å². The summed E-state index contributed by atoms with van der Waals surface area (Å²) in [5.74, 6) is 0.807. The summed E-state index contributed by atoms with van der Waals surface area (Å²) in [4.78, 5) is 15.5. The number of likely N-dealkylation sites (N-methyl/N-ethyl adjacent to an activating group) is 1. The Hall–Kier alpha value is -2.66. The molecule has 4 rings (SSSR count). The smallest absolute Gasteiger partial charge is 0.197 e. The highest BCUT2D eigenvalue weighted by molar-refractivity contribution is 6.19. The molecule has 0 radical (unpaired) electrons. The topological polar surface area (TPSA) is 42.7 Å². The Morgan fingerprint density at radius 1 is 1.10 bits per heavy atom. The number of carbonyl (C=O) groups excluding carboxylic acids is 1. The van der Waals surface area contributed by atoms with E-state index < -0.39 is 5.41 Å². The van der Waals surface area contributed by atoms with Crippen molar-refractivity contribution >= 4 is 16.8 Å². The molecule has 1 aromatic heterocycles. The normalized spacial score (nSPS) is 14.9. The molecule has 0 spiro atoms. The van der Waals surface area contributed by atoms with E-state index in [2.05, 4.69) is 18.7 Å². The zero-order chi connectivity index (χ0) is 20.8. The number of benzene rings is 2. The average Bonchev–Trinajstić information content (AvgIpc) is 3.09. The van der Waals surface area contributed by atoms with Crippen molar-refractivity contribution in [2.45, 2.75) is 33.1 Å². The van der Waals surface area contributed by atoms with Gasteiger partial charge in [0.25, 0.3) is 0 Å². The zero-order valence-electron chi connectivity index (χ0n) is 17.3. The highest BCUT2D eigenvalue weighted by Crippen LogP contribution is 2.46. The van der Waals surface area contributed by atoms with Crippen LogP contribution in [-0.2, 0) is 5.41 Å². The SMILES string of the molecule is CCN(CC)CCOc1ccc2c(c1)C(C)(C)c1oc3ccc(F)cc3c1C2=O. The summed E-state index contributed by atoms with van der Waals surface area (Å²) >= 11 is 0. The first-order valence-corrected chi connectivity index (χ1v) is 10.1. The number of furan rings is 1. The van der Waals surface area contributed by atoms with Crippen molar-refractivity contribution < 1.29 is 18.3 Å². The molecule has 0 N–H and O–H groups in total. The quantitative estimate of drug-likeness (QED) is 0.578. The van der Waals surface area contributed by atoms with Crippen molar-refractivity contribution in [2.75, 3.05) is 26.2 Å². The summed E-state index contributed by atoms with van der Waals surface area (Å²) in [5, 5.41) is 0.531. The van der Waals surface area contributed by atoms with Gasteiger partial charge in [-0.2, -0.15) is 0 Å². The fourth-order valence-electron chi connectivity index (χ4n) is 4.15. The predicted molar refractivity (Wildman–Crippen MR) is 111 cm³/mol. The highest BCUT2D eigenvalue weighted by Gasteiger charge is 2.41. The first-order valence-electron chi connectivity index (χ1n) is 10.1. The minimum Gasteiger partial charge on any atom is -0.492 e. The minimum atomic E-state index is -0.535. The maximum atomic E-state index is 13.8. The largest absolute Gasteiger partial charge is 0.492 e. The summed E-state index contributed by atoms with van der Waals surface area (Å²) in [6.45, 7) is 11.7. The van der Waals surface area contributed by atoms with Crippen LogP contribution in [0.5, 0.6) is 5.75 Å². The second-order valence-electron chi connectivity index (χ2n) is 7.98. The molecule has 4 nitrogen and oxygen atoms in total. The van der Waals surface area contributed by atoms with E-state index >= 15 is 0 Å². The molecule has 3 aromatic rings. The third-order valence-electron chi connectivity index (χ3n) is 5.92. The van der Waals surface area contributed by atoms with Crippen molar-refractivity contribution in [1.82, 2.24) is 4.90 Å². The summed E-state index contributed by atoms with van der Waals surface area (Å²) in [6, 6.07) is 9.89. The molecule has 0 aliphatic heterocycles. The maximum absolute atomic E-state index is 13.8. The van der Waals surface area contributed by atoms with Gasteiger partial charge in [0, 0.05) is 22.9 Å². The van der Waals surface area contributed by atoms with Crippen LogP contribution in [0, 0.1) is 5.82 Å². The molecule has 1 aliphatic carbocycles. The van der Waals surface area contributed by atoms with Crippen LogP contribution >= 0.6 is 0 Å². The number of halogens is 1. The number of rotatable bonds is 6. The summed E-state index contributed by atoms with van der Waals surface area (Å²) in [5.41, 5.74) is 1.95. The Morgan fingerprint density at radius 2 is 1.86 bits per heavy atom. The number of hydrogen-bond acceptors (Lipinski definition) is 4. The van der Waals surface area contributed by atoms with Gasteiger partial charge < -0.3 is 14.1 Å². The third-order valence-corrected chi connectivity index (χ3v) is 5.92. The van der Waals surface area contributed by atoms with E-state index in [9.17, 15) is 9.18 Å². The van der Waals surface area contributed by atoms with E-state index in [0.717, 1.165) is 30.9 Å². The Labute approximate surface area is 170 Å². The van der Waals surface area contributed by atoms with Crippen LogP contribution in [0.25, 0.3) is 11.0 Å². The van der Waals surface area contributed by atoms with Crippen molar-refractivity contribution in [3.63, 3.8) is 0 Å². The molecule has 0 saturated carbocycles. The number of ketones is 1. The number of fused-ring (bicyclic) bond motifs is 4. The average molecular weight is 395 g/mol. The van der Waals surface area contributed by atoms with Gasteiger partial charge in [0.1, 0.15) is 29.5 Å². The monoisotopic (exact) mass is 395 g/mol. The van der Waals surface area contributed by atoms with Crippen LogP contribution in [0.3, 0.4) is 0 Å². The lowest BCUT2D eigenvalue weighted by molar-refractivity contribution is 0.102. The van der Waals surface area contributed by atoms with E-state index in [-0.39, 0.29) is 11.6 Å². The second kappa shape index (κ2) is 7.30. The molecule has 2 aromatic carbocycles. The minimum absolute atomic E-state index is 0.131. The molecule has 0 amide bonds. The van der Waals surface area contributed by atoms with Gasteiger partial charge in [-0.15, -0.1) is 0 Å². The van der Waals surface area contributed by atoms with Crippen molar-refractivity contribution in [2.24, 2.45) is 0 Å². The molecular weight excluding hydrogens is 369 g/mol. The molecule has 1 aliphatic rings. The molecule has 29 heavy (non-hydrogen) atoms. The fraction of sp³-hybridized carbons (Fsp3) is 0.375. The molecule has 1 heterocycles. The molecular formula is C24H26FNO3. The fourth-order valence-corrected chi connectivity index (χ4v) is 4.15. The maximum Gasteiger partial charge on any atom is 0.197 e. The summed E-state index contributed by atoms with van der Waals surface area (Å²) < 4.78 is 25.8. The van der Waals surface area contributed by atoms with E-state index in [1.165, 1.54) is 12.1 Å². The van der Waals surface area contributed by atoms with Crippen LogP contribution in [0.15, 0.2) is 40.8 Å². The van der Waals surface area contributed by atoms with Crippen LogP contribution in [-0.4, -0.2) is 36.9 Å². The molecule has 152 valence electrons. The lowest BCUT2D eigenvalue weighted by Crippen LogP contribution is -2.30. The predicted octanol–water partition coefficient (Wildman–Crippen LogP) is 5.16. The van der Waals surface area contributed by atoms with Gasteiger partial charge >= 0.3 is 0 Å². The lowest BCUT2D eigenvalue weighted by Gasteiger charge is -2.31. The van der Waals surface area contributed by atoms with Gasteiger partial charge in [-0.05, 0) is 68.9 Å². The number of carbonyl (C=O) groups is 1. The molecule has 0 saturated heterocycles. The third kappa shape index (κ3) is 3.23. The lowest BCUT2D eigenvalue weighted by atomic mass is 9.71. The molecule has 0 bridgehead atoms. The first kappa shape index (κ1) is 19.6. The van der Waals surface area contributed by atoms with Crippen LogP contribution in [0.4, 0.5) is 4.39 Å². The van der Waals surface area contributed by atoms with E-state index in [1.54, 1.807) is 6.07 Å². The zero-order valence-corrected chi connectivity index (χ0v) is 17.3. The van der Waals surface area contributed by atoms with Gasteiger partial charge in [-0.25, -0.2) is 4.39 Å². The Balaban J connectivity index is 1.71. The number of nitrogens with zero attached hydrogens (tertiary/aromatic N) is 1. The van der Waals surface area contributed by atoms with E-state index in [4.69, 9.17) is 9.15 Å². The van der Waals surface area contributed by atoms with Crippen LogP contribution in [0.1, 0.15) is 54.9 Å². The molecule has 0 atom stereocenters.